The van der Waals surface area contributed by atoms with Crippen LogP contribution < -0.4 is 0 Å². The van der Waals surface area contributed by atoms with Crippen molar-refractivity contribution in [3.63, 3.8) is 0 Å². The van der Waals surface area contributed by atoms with Crippen LogP contribution in [0.3, 0.4) is 0 Å². The quantitative estimate of drug-likeness (QED) is 0.222. The minimum atomic E-state index is 1.23. The molecule has 0 amide bonds. The highest BCUT2D eigenvalue weighted by Crippen LogP contribution is 2.52. The topological polar surface area (TPSA) is 0 Å². The molecule has 2 heteroatoms. The third-order valence-electron chi connectivity index (χ3n) is 6.98. The van der Waals surface area contributed by atoms with E-state index in [1.54, 1.807) is 0 Å². The molecule has 0 unspecified atom stereocenters. The Morgan fingerprint density at radius 2 is 0.763 bits per heavy atom. The van der Waals surface area contributed by atoms with Crippen LogP contribution in [-0.4, -0.2) is 0 Å². The number of rotatable bonds is 2. The molecular weight excluding hydrogens is 497 g/mol. The first-order valence-corrected chi connectivity index (χ1v) is 14.4. The van der Waals surface area contributed by atoms with Gasteiger partial charge in [-0.3, -0.25) is 0 Å². The fourth-order valence-electron chi connectivity index (χ4n) is 5.23. The van der Waals surface area contributed by atoms with E-state index in [1.165, 1.54) is 64.1 Å². The van der Waals surface area contributed by atoms with Crippen LogP contribution >= 0.6 is 23.5 Å². The Morgan fingerprint density at radius 1 is 0.289 bits per heavy atom. The summed E-state index contributed by atoms with van der Waals surface area (Å²) in [7, 11) is 0. The summed E-state index contributed by atoms with van der Waals surface area (Å²) in [5, 5.41) is 0. The van der Waals surface area contributed by atoms with E-state index in [-0.39, 0.29) is 0 Å². The van der Waals surface area contributed by atoms with Gasteiger partial charge in [-0.05, 0) is 57.1 Å². The highest BCUT2D eigenvalue weighted by atomic mass is 32.2. The van der Waals surface area contributed by atoms with Crippen molar-refractivity contribution in [3.05, 3.63) is 146 Å². The van der Waals surface area contributed by atoms with Crippen molar-refractivity contribution in [1.29, 1.82) is 0 Å². The zero-order chi connectivity index (χ0) is 25.3. The summed E-state index contributed by atoms with van der Waals surface area (Å²) in [5.41, 5.74) is 10.1. The van der Waals surface area contributed by atoms with Gasteiger partial charge in [-0.15, -0.1) is 0 Å². The normalized spacial score (nSPS) is 12.0. The smallest absolute Gasteiger partial charge is 0.0279 e. The van der Waals surface area contributed by atoms with E-state index in [4.69, 9.17) is 0 Å². The van der Waals surface area contributed by atoms with Gasteiger partial charge < -0.3 is 0 Å². The predicted molar refractivity (Wildman–Crippen MR) is 163 cm³/mol. The van der Waals surface area contributed by atoms with Gasteiger partial charge in [0.25, 0.3) is 0 Å². The summed E-state index contributed by atoms with van der Waals surface area (Å²) < 4.78 is 0. The van der Waals surface area contributed by atoms with E-state index in [0.29, 0.717) is 0 Å². The van der Waals surface area contributed by atoms with E-state index in [0.717, 1.165) is 0 Å². The van der Waals surface area contributed by atoms with Crippen LogP contribution in [0.2, 0.25) is 0 Å². The Morgan fingerprint density at radius 3 is 1.50 bits per heavy atom. The van der Waals surface area contributed by atoms with E-state index >= 15 is 0 Å². The molecule has 7 rings (SSSR count). The van der Waals surface area contributed by atoms with Crippen molar-refractivity contribution >= 4 is 23.5 Å². The lowest BCUT2D eigenvalue weighted by molar-refractivity contribution is 1.32. The fourth-order valence-corrected chi connectivity index (χ4v) is 7.60. The maximum absolute atomic E-state index is 2.28. The van der Waals surface area contributed by atoms with Crippen LogP contribution in [0.25, 0.3) is 44.5 Å². The zero-order valence-electron chi connectivity index (χ0n) is 20.7. The molecule has 0 fully saturated rings. The average Bonchev–Trinajstić information content (AvgIpc) is 2.99. The fraction of sp³-hybridized carbons (Fsp3) is 0. The van der Waals surface area contributed by atoms with Gasteiger partial charge in [0, 0.05) is 25.1 Å². The summed E-state index contributed by atoms with van der Waals surface area (Å²) in [5.74, 6) is 0. The van der Waals surface area contributed by atoms with Gasteiger partial charge >= 0.3 is 0 Å². The van der Waals surface area contributed by atoms with Crippen LogP contribution in [0, 0.1) is 0 Å². The predicted octanol–water partition coefficient (Wildman–Crippen LogP) is 11.0. The molecule has 0 spiro atoms. The minimum absolute atomic E-state index is 1.23. The molecule has 0 saturated carbocycles. The van der Waals surface area contributed by atoms with Crippen molar-refractivity contribution < 1.29 is 0 Å². The summed E-state index contributed by atoms with van der Waals surface area (Å²) in [4.78, 5) is 5.10. The first-order valence-electron chi connectivity index (χ1n) is 12.8. The minimum Gasteiger partial charge on any atom is -0.0888 e. The summed E-state index contributed by atoms with van der Waals surface area (Å²) in [6, 6.07) is 52.7. The van der Waals surface area contributed by atoms with Gasteiger partial charge in [0.2, 0.25) is 0 Å². The number of benzene rings is 6. The lowest BCUT2D eigenvalue weighted by Crippen LogP contribution is -1.95. The molecule has 0 aliphatic carbocycles. The van der Waals surface area contributed by atoms with Crippen LogP contribution in [0.15, 0.2) is 165 Å². The van der Waals surface area contributed by atoms with Gasteiger partial charge in [0.05, 0.1) is 0 Å². The van der Waals surface area contributed by atoms with E-state index in [2.05, 4.69) is 146 Å². The second-order valence-corrected chi connectivity index (χ2v) is 11.4. The SMILES string of the molecule is c1ccc(-c2cccc3c2Sc2cccc(-c4ccccc4)c2-c2ccccc2Sc2ccccc2-3)cc1. The van der Waals surface area contributed by atoms with Crippen molar-refractivity contribution in [2.24, 2.45) is 0 Å². The van der Waals surface area contributed by atoms with Gasteiger partial charge in [-0.25, -0.2) is 0 Å². The summed E-state index contributed by atoms with van der Waals surface area (Å²) in [6.07, 6.45) is 0. The monoisotopic (exact) mass is 520 g/mol. The standard InChI is InChI=1S/C36H24S2/c1-3-13-25(14-4-1)27-19-12-24-34-35(27)31-18-8-10-23-33(31)37-32-22-9-7-17-29(32)30-21-11-20-28(36(30)38-34)26-15-5-2-6-16-26/h1-24H. The number of hydrogen-bond donors (Lipinski definition) is 0. The Bertz CT molecular complexity index is 1750. The van der Waals surface area contributed by atoms with Crippen molar-refractivity contribution in [1.82, 2.24) is 0 Å². The average molecular weight is 521 g/mol. The van der Waals surface area contributed by atoms with E-state index in [9.17, 15) is 0 Å². The van der Waals surface area contributed by atoms with Gasteiger partial charge in [-0.1, -0.05) is 151 Å². The first kappa shape index (κ1) is 23.2. The molecular formula is C36H24S2. The third-order valence-corrected chi connectivity index (χ3v) is 9.33. The van der Waals surface area contributed by atoms with Gasteiger partial charge in [-0.2, -0.15) is 0 Å². The maximum Gasteiger partial charge on any atom is 0.0279 e. The van der Waals surface area contributed by atoms with Crippen LogP contribution in [0.5, 0.6) is 0 Å². The Hall–Kier alpha value is -3.98. The van der Waals surface area contributed by atoms with Crippen molar-refractivity contribution in [2.75, 3.05) is 0 Å². The third kappa shape index (κ3) is 4.16. The Labute approximate surface area is 232 Å². The molecule has 38 heavy (non-hydrogen) atoms. The van der Waals surface area contributed by atoms with Crippen molar-refractivity contribution in [3.8, 4) is 44.5 Å². The lowest BCUT2D eigenvalue weighted by Gasteiger charge is -2.23. The zero-order valence-corrected chi connectivity index (χ0v) is 22.3. The van der Waals surface area contributed by atoms with E-state index in [1.807, 2.05) is 23.5 Å². The van der Waals surface area contributed by atoms with Crippen LogP contribution in [0.4, 0.5) is 0 Å². The lowest BCUT2D eigenvalue weighted by atomic mass is 9.94. The molecule has 0 aromatic heterocycles. The molecule has 1 heterocycles. The second-order valence-electron chi connectivity index (χ2n) is 9.29. The van der Waals surface area contributed by atoms with Crippen molar-refractivity contribution in [2.45, 2.75) is 19.6 Å². The first-order chi connectivity index (χ1) is 18.9. The molecule has 6 aromatic rings. The van der Waals surface area contributed by atoms with Gasteiger partial charge in [0.15, 0.2) is 0 Å². The van der Waals surface area contributed by atoms with Crippen LogP contribution in [0.1, 0.15) is 0 Å². The van der Waals surface area contributed by atoms with E-state index < -0.39 is 0 Å². The molecule has 0 atom stereocenters. The Kier molecular flexibility index (Phi) is 6.13. The summed E-state index contributed by atoms with van der Waals surface area (Å²) >= 11 is 3.75. The molecule has 0 bridgehead atoms. The maximum atomic E-state index is 2.28. The molecule has 0 saturated heterocycles. The molecule has 180 valence electrons. The Balaban J connectivity index is 1.57. The molecule has 6 aromatic carbocycles. The summed E-state index contributed by atoms with van der Waals surface area (Å²) in [6.45, 7) is 0. The number of fused-ring (bicyclic) bond motifs is 6. The molecule has 1 aliphatic rings. The number of hydrogen-bond acceptors (Lipinski definition) is 2. The molecule has 0 N–H and O–H groups in total. The van der Waals surface area contributed by atoms with Crippen LogP contribution in [-0.2, 0) is 0 Å². The van der Waals surface area contributed by atoms with Gasteiger partial charge in [0.1, 0.15) is 0 Å². The highest BCUT2D eigenvalue weighted by Gasteiger charge is 2.23. The molecule has 0 nitrogen and oxygen atoms in total. The second kappa shape index (κ2) is 10.1. The highest BCUT2D eigenvalue weighted by molar-refractivity contribution is 8.00. The largest absolute Gasteiger partial charge is 0.0888 e. The molecule has 1 aliphatic heterocycles. The molecule has 0 radical (unpaired) electrons.